The first-order chi connectivity index (χ1) is 19.3. The standard InChI is InChI=1S/C31H24N2O5S2/c34-39(35,24-10-2-1-3-11-24)32-22-18-20-23(21-19-22)33-40(36,37)30-17-9-6-14-27(30)31-25-12-4-7-15-28(25)38-29-16-8-5-13-26(29)31/h1-21,31-33H. The zero-order chi connectivity index (χ0) is 27.7. The van der Waals surface area contributed by atoms with Crippen molar-refractivity contribution in [1.29, 1.82) is 0 Å². The lowest BCUT2D eigenvalue weighted by Crippen LogP contribution is -2.19. The predicted molar refractivity (Wildman–Crippen MR) is 155 cm³/mol. The molecular weight excluding hydrogens is 544 g/mol. The molecular formula is C31H24N2O5S2. The zero-order valence-corrected chi connectivity index (χ0v) is 22.7. The fourth-order valence-electron chi connectivity index (χ4n) is 4.84. The van der Waals surface area contributed by atoms with Gasteiger partial charge in [-0.2, -0.15) is 0 Å². The van der Waals surface area contributed by atoms with Gasteiger partial charge in [0.05, 0.1) is 9.79 Å². The van der Waals surface area contributed by atoms with Crippen molar-refractivity contribution >= 4 is 31.4 Å². The summed E-state index contributed by atoms with van der Waals surface area (Å²) in [6.07, 6.45) is 0. The van der Waals surface area contributed by atoms with Crippen LogP contribution in [0.1, 0.15) is 22.6 Å². The van der Waals surface area contributed by atoms with Crippen LogP contribution in [0.25, 0.3) is 0 Å². The van der Waals surface area contributed by atoms with Gasteiger partial charge >= 0.3 is 0 Å². The number of fused-ring (bicyclic) bond motifs is 2. The van der Waals surface area contributed by atoms with Crippen LogP contribution in [-0.2, 0) is 20.0 Å². The Morgan fingerprint density at radius 1 is 0.475 bits per heavy atom. The van der Waals surface area contributed by atoms with Crippen LogP contribution in [0.3, 0.4) is 0 Å². The zero-order valence-electron chi connectivity index (χ0n) is 21.1. The smallest absolute Gasteiger partial charge is 0.262 e. The van der Waals surface area contributed by atoms with Gasteiger partial charge in [-0.25, -0.2) is 16.8 Å². The van der Waals surface area contributed by atoms with Gasteiger partial charge in [-0.05, 0) is 60.2 Å². The van der Waals surface area contributed by atoms with E-state index in [-0.39, 0.29) is 15.7 Å². The second-order valence-corrected chi connectivity index (χ2v) is 12.6. The molecule has 40 heavy (non-hydrogen) atoms. The molecule has 200 valence electrons. The van der Waals surface area contributed by atoms with Crippen LogP contribution in [0.5, 0.6) is 11.5 Å². The second kappa shape index (κ2) is 10.2. The Balaban J connectivity index is 1.31. The number of hydrogen-bond acceptors (Lipinski definition) is 5. The summed E-state index contributed by atoms with van der Waals surface area (Å²) in [7, 11) is -7.79. The van der Waals surface area contributed by atoms with Crippen LogP contribution < -0.4 is 14.2 Å². The molecule has 0 bridgehead atoms. The van der Waals surface area contributed by atoms with Crippen LogP contribution >= 0.6 is 0 Å². The Bertz CT molecular complexity index is 1860. The van der Waals surface area contributed by atoms with Gasteiger partial charge in [0.25, 0.3) is 20.0 Å². The lowest BCUT2D eigenvalue weighted by atomic mass is 9.83. The number of anilines is 2. The van der Waals surface area contributed by atoms with Crippen LogP contribution in [0, 0.1) is 0 Å². The topological polar surface area (TPSA) is 102 Å². The van der Waals surface area contributed by atoms with Gasteiger partial charge in [-0.1, -0.05) is 72.8 Å². The summed E-state index contributed by atoms with van der Waals surface area (Å²) in [4.78, 5) is 0.271. The molecule has 0 atom stereocenters. The van der Waals surface area contributed by atoms with E-state index in [1.165, 1.54) is 36.4 Å². The third-order valence-corrected chi connectivity index (χ3v) is 9.49. The minimum absolute atomic E-state index is 0.132. The van der Waals surface area contributed by atoms with E-state index >= 15 is 0 Å². The fraction of sp³-hybridized carbons (Fsp3) is 0.0323. The Kier molecular flexibility index (Phi) is 6.53. The van der Waals surface area contributed by atoms with Gasteiger partial charge in [0, 0.05) is 28.4 Å². The molecule has 0 saturated heterocycles. The number of sulfonamides is 2. The number of nitrogens with one attached hydrogen (secondary N) is 2. The molecule has 2 N–H and O–H groups in total. The highest BCUT2D eigenvalue weighted by atomic mass is 32.2. The third-order valence-electron chi connectivity index (χ3n) is 6.64. The summed E-state index contributed by atoms with van der Waals surface area (Å²) in [5.74, 6) is 1.00. The maximum atomic E-state index is 13.7. The van der Waals surface area contributed by atoms with E-state index in [9.17, 15) is 16.8 Å². The van der Waals surface area contributed by atoms with Crippen LogP contribution in [0.2, 0.25) is 0 Å². The monoisotopic (exact) mass is 568 g/mol. The highest BCUT2D eigenvalue weighted by Gasteiger charge is 2.32. The molecule has 0 unspecified atom stereocenters. The predicted octanol–water partition coefficient (Wildman–Crippen LogP) is 6.57. The minimum Gasteiger partial charge on any atom is -0.457 e. The van der Waals surface area contributed by atoms with Crippen molar-refractivity contribution < 1.29 is 21.6 Å². The van der Waals surface area contributed by atoms with Gasteiger partial charge < -0.3 is 4.74 Å². The Labute approximate surface area is 233 Å². The van der Waals surface area contributed by atoms with Crippen molar-refractivity contribution in [2.24, 2.45) is 0 Å². The molecule has 7 nitrogen and oxygen atoms in total. The van der Waals surface area contributed by atoms with E-state index in [4.69, 9.17) is 4.74 Å². The van der Waals surface area contributed by atoms with E-state index in [2.05, 4.69) is 9.44 Å². The summed E-state index contributed by atoms with van der Waals surface area (Å²) < 4.78 is 64.0. The number of rotatable bonds is 7. The summed E-state index contributed by atoms with van der Waals surface area (Å²) in [5, 5.41) is 0. The van der Waals surface area contributed by atoms with Crippen molar-refractivity contribution in [3.05, 3.63) is 144 Å². The molecule has 1 heterocycles. The molecule has 0 aromatic heterocycles. The number of para-hydroxylation sites is 2. The highest BCUT2D eigenvalue weighted by Crippen LogP contribution is 2.48. The quantitative estimate of drug-likeness (QED) is 0.227. The van der Waals surface area contributed by atoms with E-state index in [0.717, 1.165) is 11.1 Å². The first-order valence-electron chi connectivity index (χ1n) is 12.5. The third kappa shape index (κ3) is 4.92. The second-order valence-electron chi connectivity index (χ2n) is 9.25. The van der Waals surface area contributed by atoms with Crippen molar-refractivity contribution in [2.45, 2.75) is 15.7 Å². The summed E-state index contributed by atoms with van der Waals surface area (Å²) in [5.41, 5.74) is 2.97. The largest absolute Gasteiger partial charge is 0.457 e. The van der Waals surface area contributed by atoms with Crippen molar-refractivity contribution in [3.8, 4) is 11.5 Å². The van der Waals surface area contributed by atoms with Crippen LogP contribution in [0.4, 0.5) is 11.4 Å². The molecule has 0 fully saturated rings. The molecule has 0 spiro atoms. The van der Waals surface area contributed by atoms with Crippen molar-refractivity contribution in [3.63, 3.8) is 0 Å². The lowest BCUT2D eigenvalue weighted by molar-refractivity contribution is 0.452. The SMILES string of the molecule is O=S(=O)(Nc1ccc(NS(=O)(=O)c2ccccc2C2c3ccccc3Oc3ccccc32)cc1)c1ccccc1. The molecule has 5 aromatic rings. The Morgan fingerprint density at radius 3 is 1.50 bits per heavy atom. The summed E-state index contributed by atoms with van der Waals surface area (Å²) >= 11 is 0. The minimum atomic E-state index is -4.02. The normalized spacial score (nSPS) is 13.0. The molecule has 5 aromatic carbocycles. The molecule has 1 aliphatic rings. The highest BCUT2D eigenvalue weighted by molar-refractivity contribution is 7.93. The Hall–Kier alpha value is -4.60. The van der Waals surface area contributed by atoms with Crippen molar-refractivity contribution in [1.82, 2.24) is 0 Å². The molecule has 6 rings (SSSR count). The first-order valence-corrected chi connectivity index (χ1v) is 15.4. The van der Waals surface area contributed by atoms with Gasteiger partial charge in [-0.3, -0.25) is 9.44 Å². The van der Waals surface area contributed by atoms with Gasteiger partial charge in [0.1, 0.15) is 11.5 Å². The maximum Gasteiger partial charge on any atom is 0.262 e. The van der Waals surface area contributed by atoms with Crippen molar-refractivity contribution in [2.75, 3.05) is 9.44 Å². The summed E-state index contributed by atoms with van der Waals surface area (Å²) in [6, 6.07) is 36.2. The lowest BCUT2D eigenvalue weighted by Gasteiger charge is -2.29. The number of ether oxygens (including phenoxy) is 1. The van der Waals surface area contributed by atoms with E-state index in [1.54, 1.807) is 30.3 Å². The van der Waals surface area contributed by atoms with Gasteiger partial charge in [0.15, 0.2) is 0 Å². The Morgan fingerprint density at radius 2 is 0.925 bits per heavy atom. The molecule has 9 heteroatoms. The first kappa shape index (κ1) is 25.7. The molecule has 0 radical (unpaired) electrons. The molecule has 1 aliphatic heterocycles. The molecule has 0 aliphatic carbocycles. The number of benzene rings is 5. The fourth-order valence-corrected chi connectivity index (χ4v) is 7.23. The average molecular weight is 569 g/mol. The van der Waals surface area contributed by atoms with E-state index in [0.29, 0.717) is 28.4 Å². The maximum absolute atomic E-state index is 13.7. The van der Waals surface area contributed by atoms with Crippen LogP contribution in [0.15, 0.2) is 137 Å². The summed E-state index contributed by atoms with van der Waals surface area (Å²) in [6.45, 7) is 0. The average Bonchev–Trinajstić information content (AvgIpc) is 2.97. The van der Waals surface area contributed by atoms with Crippen LogP contribution in [-0.4, -0.2) is 16.8 Å². The van der Waals surface area contributed by atoms with Gasteiger partial charge in [-0.15, -0.1) is 0 Å². The molecule has 0 amide bonds. The molecule has 0 saturated carbocycles. The van der Waals surface area contributed by atoms with Gasteiger partial charge in [0.2, 0.25) is 0 Å². The van der Waals surface area contributed by atoms with E-state index < -0.39 is 20.0 Å². The van der Waals surface area contributed by atoms with E-state index in [1.807, 2.05) is 60.7 Å². The number of hydrogen-bond donors (Lipinski definition) is 2.